The van der Waals surface area contributed by atoms with Gasteiger partial charge in [0.25, 0.3) is 0 Å². The van der Waals surface area contributed by atoms with Crippen molar-refractivity contribution in [2.45, 2.75) is 83.6 Å². The van der Waals surface area contributed by atoms with Crippen molar-refractivity contribution in [3.05, 3.63) is 107 Å². The van der Waals surface area contributed by atoms with Crippen molar-refractivity contribution in [3.8, 4) is 0 Å². The summed E-state index contributed by atoms with van der Waals surface area (Å²) in [5, 5.41) is 5.90. The van der Waals surface area contributed by atoms with Gasteiger partial charge < -0.3 is 20.3 Å². The number of carbonyl (C=O) groups is 3. The third-order valence-electron chi connectivity index (χ3n) is 7.22. The lowest BCUT2D eigenvalue weighted by molar-refractivity contribution is -0.147. The SMILES string of the molecule is Cc1ccc(C(C(=O)NCc2ccccc2)N(C(=O)C(Cc2ccccc2)NC(=O)OC(C)(C)C)C2CCC2)cc1. The number of alkyl carbamates (subject to hydrolysis) is 1. The van der Waals surface area contributed by atoms with Crippen molar-refractivity contribution < 1.29 is 19.1 Å². The molecule has 1 aliphatic rings. The molecule has 0 heterocycles. The number of hydrogen-bond donors (Lipinski definition) is 2. The Hall–Kier alpha value is -4.13. The van der Waals surface area contributed by atoms with Crippen LogP contribution in [0.4, 0.5) is 4.79 Å². The number of nitrogens with zero attached hydrogens (tertiary/aromatic N) is 1. The Labute approximate surface area is 243 Å². The van der Waals surface area contributed by atoms with Gasteiger partial charge in [-0.3, -0.25) is 9.59 Å². The highest BCUT2D eigenvalue weighted by Crippen LogP contribution is 2.34. The Kier molecular flexibility index (Phi) is 9.82. The molecule has 7 heteroatoms. The summed E-state index contributed by atoms with van der Waals surface area (Å²) in [5.74, 6) is -0.557. The number of hydrogen-bond acceptors (Lipinski definition) is 4. The maximum Gasteiger partial charge on any atom is 0.408 e. The smallest absolute Gasteiger partial charge is 0.408 e. The van der Waals surface area contributed by atoms with Crippen LogP contribution in [0.25, 0.3) is 0 Å². The monoisotopic (exact) mass is 555 g/mol. The highest BCUT2D eigenvalue weighted by Gasteiger charge is 2.42. The number of carbonyl (C=O) groups excluding carboxylic acids is 3. The van der Waals surface area contributed by atoms with Gasteiger partial charge in [-0.2, -0.15) is 0 Å². The van der Waals surface area contributed by atoms with Crippen molar-refractivity contribution in [2.24, 2.45) is 0 Å². The van der Waals surface area contributed by atoms with Crippen LogP contribution in [-0.2, 0) is 27.3 Å². The summed E-state index contributed by atoms with van der Waals surface area (Å²) in [5.41, 5.74) is 2.94. The fourth-order valence-electron chi connectivity index (χ4n) is 4.93. The molecule has 0 aliphatic heterocycles. The van der Waals surface area contributed by atoms with Crippen LogP contribution < -0.4 is 10.6 Å². The number of ether oxygens (including phenoxy) is 1. The fraction of sp³-hybridized carbons (Fsp3) is 0.382. The standard InChI is InChI=1S/C34H41N3O4/c1-24-18-20-27(21-19-24)30(31(38)35-23-26-14-9-6-10-15-26)37(28-16-11-17-28)32(39)29(22-25-12-7-5-8-13-25)36-33(40)41-34(2,3)4/h5-10,12-15,18-21,28-30H,11,16-17,22-23H2,1-4H3,(H,35,38)(H,36,40). The Morgan fingerprint density at radius 3 is 2.00 bits per heavy atom. The molecule has 0 aromatic heterocycles. The van der Waals surface area contributed by atoms with E-state index in [0.717, 1.165) is 41.5 Å². The number of rotatable bonds is 10. The van der Waals surface area contributed by atoms with E-state index in [1.165, 1.54) is 0 Å². The van der Waals surface area contributed by atoms with Gasteiger partial charge in [-0.05, 0) is 63.6 Å². The van der Waals surface area contributed by atoms with Gasteiger partial charge in [0.1, 0.15) is 17.7 Å². The second-order valence-electron chi connectivity index (χ2n) is 11.7. The maximum absolute atomic E-state index is 14.5. The number of nitrogens with one attached hydrogen (secondary N) is 2. The van der Waals surface area contributed by atoms with E-state index in [9.17, 15) is 14.4 Å². The van der Waals surface area contributed by atoms with Gasteiger partial charge in [0.2, 0.25) is 11.8 Å². The van der Waals surface area contributed by atoms with Gasteiger partial charge in [-0.25, -0.2) is 4.79 Å². The second-order valence-corrected chi connectivity index (χ2v) is 11.7. The summed E-state index contributed by atoms with van der Waals surface area (Å²) in [7, 11) is 0. The molecular weight excluding hydrogens is 514 g/mol. The molecule has 7 nitrogen and oxygen atoms in total. The highest BCUT2D eigenvalue weighted by atomic mass is 16.6. The average molecular weight is 556 g/mol. The van der Waals surface area contributed by atoms with Crippen LogP contribution in [0.3, 0.4) is 0 Å². The minimum atomic E-state index is -0.914. The lowest BCUT2D eigenvalue weighted by Crippen LogP contribution is -2.58. The van der Waals surface area contributed by atoms with Crippen LogP contribution in [0, 0.1) is 6.92 Å². The highest BCUT2D eigenvalue weighted by molar-refractivity contribution is 5.92. The quantitative estimate of drug-likeness (QED) is 0.328. The molecule has 41 heavy (non-hydrogen) atoms. The van der Waals surface area contributed by atoms with E-state index in [2.05, 4.69) is 10.6 Å². The third kappa shape index (κ3) is 8.43. The molecule has 2 N–H and O–H groups in total. The zero-order chi connectivity index (χ0) is 29.4. The van der Waals surface area contributed by atoms with Crippen LogP contribution in [-0.4, -0.2) is 40.5 Å². The molecule has 0 saturated heterocycles. The number of aryl methyl sites for hydroxylation is 1. The van der Waals surface area contributed by atoms with E-state index in [0.29, 0.717) is 6.54 Å². The number of benzene rings is 3. The maximum atomic E-state index is 14.5. The van der Waals surface area contributed by atoms with Crippen molar-refractivity contribution in [1.82, 2.24) is 15.5 Å². The molecule has 3 amide bonds. The summed E-state index contributed by atoms with van der Waals surface area (Å²) in [6.07, 6.45) is 2.17. The van der Waals surface area contributed by atoms with E-state index < -0.39 is 23.8 Å². The average Bonchev–Trinajstić information content (AvgIpc) is 2.91. The third-order valence-corrected chi connectivity index (χ3v) is 7.22. The van der Waals surface area contributed by atoms with Gasteiger partial charge >= 0.3 is 6.09 Å². The summed E-state index contributed by atoms with van der Waals surface area (Å²) < 4.78 is 5.53. The van der Waals surface area contributed by atoms with E-state index in [4.69, 9.17) is 4.74 Å². The zero-order valence-electron chi connectivity index (χ0n) is 24.4. The predicted molar refractivity (Wildman–Crippen MR) is 160 cm³/mol. The van der Waals surface area contributed by atoms with Gasteiger partial charge in [-0.1, -0.05) is 90.5 Å². The first-order valence-corrected chi connectivity index (χ1v) is 14.3. The minimum Gasteiger partial charge on any atom is -0.444 e. The number of amides is 3. The van der Waals surface area contributed by atoms with E-state index in [1.807, 2.05) is 91.9 Å². The Morgan fingerprint density at radius 2 is 1.46 bits per heavy atom. The molecule has 1 fully saturated rings. The zero-order valence-corrected chi connectivity index (χ0v) is 24.4. The lowest BCUT2D eigenvalue weighted by atomic mass is 9.87. The molecule has 2 atom stereocenters. The van der Waals surface area contributed by atoms with Gasteiger partial charge in [-0.15, -0.1) is 0 Å². The van der Waals surface area contributed by atoms with E-state index in [1.54, 1.807) is 25.7 Å². The normalized spacial score (nSPS) is 14.7. The van der Waals surface area contributed by atoms with E-state index in [-0.39, 0.29) is 24.3 Å². The fourth-order valence-corrected chi connectivity index (χ4v) is 4.93. The molecular formula is C34H41N3O4. The topological polar surface area (TPSA) is 87.7 Å². The summed E-state index contributed by atoms with van der Waals surface area (Å²) in [4.78, 5) is 43.1. The predicted octanol–water partition coefficient (Wildman–Crippen LogP) is 5.87. The van der Waals surface area contributed by atoms with Gasteiger partial charge in [0.05, 0.1) is 0 Å². The molecule has 0 bridgehead atoms. The molecule has 2 unspecified atom stereocenters. The van der Waals surface area contributed by atoms with Crippen LogP contribution in [0.2, 0.25) is 0 Å². The van der Waals surface area contributed by atoms with Gasteiger partial charge in [0.15, 0.2) is 0 Å². The molecule has 216 valence electrons. The second kappa shape index (κ2) is 13.5. The summed E-state index contributed by atoms with van der Waals surface area (Å²) >= 11 is 0. The van der Waals surface area contributed by atoms with E-state index >= 15 is 0 Å². The van der Waals surface area contributed by atoms with Crippen molar-refractivity contribution in [1.29, 1.82) is 0 Å². The largest absolute Gasteiger partial charge is 0.444 e. The first-order chi connectivity index (χ1) is 19.6. The molecule has 1 aliphatic carbocycles. The Balaban J connectivity index is 1.69. The molecule has 0 spiro atoms. The Bertz CT molecular complexity index is 1300. The van der Waals surface area contributed by atoms with Crippen molar-refractivity contribution >= 4 is 17.9 Å². The molecule has 1 saturated carbocycles. The molecule has 3 aromatic rings. The molecule has 4 rings (SSSR count). The first kappa shape index (κ1) is 29.8. The summed E-state index contributed by atoms with van der Waals surface area (Å²) in [6.45, 7) is 7.69. The lowest BCUT2D eigenvalue weighted by Gasteiger charge is -2.43. The van der Waals surface area contributed by atoms with Crippen LogP contribution in [0.15, 0.2) is 84.9 Å². The van der Waals surface area contributed by atoms with Crippen LogP contribution in [0.1, 0.15) is 68.3 Å². The minimum absolute atomic E-state index is 0.116. The van der Waals surface area contributed by atoms with Crippen LogP contribution >= 0.6 is 0 Å². The van der Waals surface area contributed by atoms with Crippen molar-refractivity contribution in [2.75, 3.05) is 0 Å². The summed E-state index contributed by atoms with van der Waals surface area (Å²) in [6, 6.07) is 25.1. The van der Waals surface area contributed by atoms with Crippen LogP contribution in [0.5, 0.6) is 0 Å². The molecule has 3 aromatic carbocycles. The van der Waals surface area contributed by atoms with Crippen molar-refractivity contribution in [3.63, 3.8) is 0 Å². The first-order valence-electron chi connectivity index (χ1n) is 14.3. The van der Waals surface area contributed by atoms with Gasteiger partial charge in [0, 0.05) is 19.0 Å². The Morgan fingerprint density at radius 1 is 0.878 bits per heavy atom. The molecule has 0 radical (unpaired) electrons.